The Bertz CT molecular complexity index is 4680. The largest absolute Gasteiger partial charge is 3.00 e. The van der Waals surface area contributed by atoms with Crippen LogP contribution in [0.1, 0.15) is 110 Å². The van der Waals surface area contributed by atoms with E-state index in [1.807, 2.05) is 172 Å². The summed E-state index contributed by atoms with van der Waals surface area (Å²) in [5.74, 6) is 0.971. The Hall–Kier alpha value is -12.4. The third-order valence-corrected chi connectivity index (χ3v) is 16.9. The second-order valence-corrected chi connectivity index (χ2v) is 27.3. The molecule has 20 heteroatoms. The molecule has 0 aliphatic carbocycles. The Labute approximate surface area is 714 Å². The van der Waals surface area contributed by atoms with Crippen LogP contribution in [0, 0.1) is 52.6 Å². The Balaban J connectivity index is 0.000000294. The van der Waals surface area contributed by atoms with Gasteiger partial charge in [-0.2, -0.15) is 0 Å². The first-order valence-electron chi connectivity index (χ1n) is 36.5. The molecule has 6 heterocycles. The molecular weight excluding hydrogens is 1830 g/mol. The average Bonchev–Trinajstić information content (AvgIpc) is 0.871. The number of hydrogen-bond donors (Lipinski definition) is 0. The van der Waals surface area contributed by atoms with Crippen LogP contribution in [0.4, 0.5) is 0 Å². The molecule has 6 aromatic heterocycles. The molecule has 0 radical (unpaired) electrons. The van der Waals surface area contributed by atoms with Gasteiger partial charge in [-0.25, -0.2) is 14.4 Å². The SMILES string of the molecule is C.C=C(C)C(=O)Oc1cc[c-]c(-c2ccccn2)c1.C=C(C)C(=O)Oc1cc[c-]c(-c2ccccn2)c1.C=C(C)C(=O)Oc1cc[c-]c(-c2ccccn2)c1.CCC(C)(C)C(=O)Oc1cc[c-]c(-c2ccccn2)c1.CCC(C)(C)C(=O)Oc1cc[c-]c(-c2ccccn2)c1.CCC(C)(C)C(=O)Oc1cc[c-]c(-c2ccccn2)c1.[Ir+3].[Ir+3]. The van der Waals surface area contributed by atoms with Crippen LogP contribution in [0.25, 0.3) is 67.5 Å². The number of rotatable bonds is 21. The smallest absolute Gasteiger partial charge is 0.446 e. The molecule has 0 spiro atoms. The number of esters is 6. The van der Waals surface area contributed by atoms with E-state index >= 15 is 0 Å². The summed E-state index contributed by atoms with van der Waals surface area (Å²) < 4.78 is 31.8. The molecule has 0 bridgehead atoms. The number of benzene rings is 6. The topological polar surface area (TPSA) is 235 Å². The Kier molecular flexibility index (Phi) is 40.3. The van der Waals surface area contributed by atoms with Crippen LogP contribution in [-0.2, 0) is 69.0 Å². The molecule has 0 aliphatic heterocycles. The van der Waals surface area contributed by atoms with E-state index in [9.17, 15) is 28.8 Å². The molecule has 0 aliphatic rings. The van der Waals surface area contributed by atoms with Gasteiger partial charge in [-0.1, -0.05) is 121 Å². The molecule has 0 atom stereocenters. The first-order chi connectivity index (χ1) is 54.6. The molecule has 0 unspecified atom stereocenters. The van der Waals surface area contributed by atoms with Crippen LogP contribution in [-0.4, -0.2) is 65.7 Å². The van der Waals surface area contributed by atoms with Gasteiger partial charge in [0.2, 0.25) is 0 Å². The standard InChI is InChI=1S/3C17H18NO2.3C15H12NO2.CH4.2Ir/c3*1-4-17(2,3)16(19)20-14-9-7-8-13(12-14)15-10-5-6-11-18-15;3*1-11(2)15(17)18-13-7-5-6-12(10-13)14-8-3-4-9-16-14;;;/h3*5-7,9-12H,4H2,1-3H3;3*3-5,7-10H,1H2,2H3;1H4;;/q6*-1;;2*+3. The number of carbonyl (C=O) groups excluding carboxylic acids is 6. The Morgan fingerprint density at radius 3 is 0.590 bits per heavy atom. The number of ether oxygens (including phenoxy) is 6. The molecule has 18 nitrogen and oxygen atoms in total. The monoisotopic (exact) mass is 1920 g/mol. The van der Waals surface area contributed by atoms with Crippen LogP contribution in [0.5, 0.6) is 34.5 Å². The van der Waals surface area contributed by atoms with Gasteiger partial charge in [-0.3, -0.25) is 14.4 Å². The molecule has 12 rings (SSSR count). The van der Waals surface area contributed by atoms with Crippen molar-refractivity contribution in [3.05, 3.63) is 328 Å². The van der Waals surface area contributed by atoms with Crippen LogP contribution >= 0.6 is 0 Å². The molecule has 0 amide bonds. The van der Waals surface area contributed by atoms with Gasteiger partial charge >= 0.3 is 76.0 Å². The minimum atomic E-state index is -0.481. The van der Waals surface area contributed by atoms with Crippen molar-refractivity contribution in [1.29, 1.82) is 0 Å². The zero-order chi connectivity index (χ0) is 82.6. The summed E-state index contributed by atoms with van der Waals surface area (Å²) >= 11 is 0. The summed E-state index contributed by atoms with van der Waals surface area (Å²) in [4.78, 5) is 95.9. The fourth-order valence-corrected chi connectivity index (χ4v) is 8.83. The van der Waals surface area contributed by atoms with Gasteiger partial charge in [-0.15, -0.1) is 179 Å². The third-order valence-electron chi connectivity index (χ3n) is 16.9. The maximum atomic E-state index is 12.1. The second-order valence-electron chi connectivity index (χ2n) is 27.3. The average molecular weight is 1920 g/mol. The van der Waals surface area contributed by atoms with Crippen molar-refractivity contribution in [2.75, 3.05) is 0 Å². The van der Waals surface area contributed by atoms with Crippen molar-refractivity contribution < 1.29 is 97.4 Å². The fraction of sp³-hybridized carbons (Fsp3) is 0.196. The molecule has 0 saturated heterocycles. The number of hydrogen-bond acceptors (Lipinski definition) is 18. The van der Waals surface area contributed by atoms with Crippen LogP contribution in [0.15, 0.2) is 292 Å². The van der Waals surface area contributed by atoms with E-state index in [0.717, 1.165) is 86.8 Å². The van der Waals surface area contributed by atoms with Crippen molar-refractivity contribution >= 4 is 35.8 Å². The number of pyridine rings is 6. The van der Waals surface area contributed by atoms with Crippen molar-refractivity contribution in [3.63, 3.8) is 0 Å². The van der Waals surface area contributed by atoms with E-state index in [1.165, 1.54) is 0 Å². The van der Waals surface area contributed by atoms with E-state index in [-0.39, 0.29) is 65.5 Å². The van der Waals surface area contributed by atoms with Gasteiger partial charge in [0.05, 0.1) is 50.7 Å². The van der Waals surface area contributed by atoms with Crippen molar-refractivity contribution in [1.82, 2.24) is 29.9 Å². The maximum Gasteiger partial charge on any atom is 3.00 e. The molecule has 117 heavy (non-hydrogen) atoms. The number of carbonyl (C=O) groups is 6. The third kappa shape index (κ3) is 32.0. The summed E-state index contributed by atoms with van der Waals surface area (Å²) in [7, 11) is 0. The van der Waals surface area contributed by atoms with E-state index < -0.39 is 34.2 Å². The minimum Gasteiger partial charge on any atom is -0.446 e. The van der Waals surface area contributed by atoms with Gasteiger partial charge in [0, 0.05) is 53.9 Å². The summed E-state index contributed by atoms with van der Waals surface area (Å²) in [5, 5.41) is 0. The van der Waals surface area contributed by atoms with Crippen LogP contribution < -0.4 is 28.4 Å². The van der Waals surface area contributed by atoms with E-state index in [0.29, 0.717) is 51.2 Å². The Morgan fingerprint density at radius 2 is 0.453 bits per heavy atom. The van der Waals surface area contributed by atoms with Crippen molar-refractivity contribution in [2.45, 2.75) is 110 Å². The van der Waals surface area contributed by atoms with E-state index in [2.05, 4.69) is 86.0 Å². The Morgan fingerprint density at radius 1 is 0.291 bits per heavy atom. The van der Waals surface area contributed by atoms with Gasteiger partial charge < -0.3 is 58.3 Å². The quantitative estimate of drug-likeness (QED) is 0.0281. The predicted molar refractivity (Wildman–Crippen MR) is 448 cm³/mol. The normalized spacial score (nSPS) is 10.3. The van der Waals surface area contributed by atoms with Crippen LogP contribution in [0.2, 0.25) is 0 Å². The summed E-state index contributed by atoms with van der Waals surface area (Å²) in [6, 6.07) is 83.3. The first-order valence-corrected chi connectivity index (χ1v) is 36.5. The van der Waals surface area contributed by atoms with E-state index in [1.54, 1.807) is 167 Å². The minimum absolute atomic E-state index is 0. The van der Waals surface area contributed by atoms with Gasteiger partial charge in [0.15, 0.2) is 0 Å². The molecule has 0 saturated carbocycles. The van der Waals surface area contributed by atoms with Gasteiger partial charge in [0.25, 0.3) is 0 Å². The van der Waals surface area contributed by atoms with Gasteiger partial charge in [0.1, 0.15) is 0 Å². The predicted octanol–water partition coefficient (Wildman–Crippen LogP) is 21.4. The van der Waals surface area contributed by atoms with Gasteiger partial charge in [-0.05, 0) is 152 Å². The molecule has 6 aromatic carbocycles. The maximum absolute atomic E-state index is 12.1. The number of nitrogens with zero attached hydrogens (tertiary/aromatic N) is 6. The first kappa shape index (κ1) is 96.9. The van der Waals surface area contributed by atoms with Crippen molar-refractivity contribution in [3.8, 4) is 102 Å². The van der Waals surface area contributed by atoms with E-state index in [4.69, 9.17) is 28.4 Å². The summed E-state index contributed by atoms with van der Waals surface area (Å²) in [6.07, 6.45) is 12.5. The second kappa shape index (κ2) is 48.7. The molecule has 12 aromatic rings. The fourth-order valence-electron chi connectivity index (χ4n) is 8.83. The number of aromatic nitrogens is 6. The molecule has 602 valence electrons. The van der Waals surface area contributed by atoms with Crippen LogP contribution in [0.3, 0.4) is 0 Å². The summed E-state index contributed by atoms with van der Waals surface area (Å²) in [6.45, 7) is 32.6. The zero-order valence-electron chi connectivity index (χ0n) is 66.7. The molecule has 0 fully saturated rings. The van der Waals surface area contributed by atoms with Crippen molar-refractivity contribution in [2.24, 2.45) is 16.2 Å². The molecular formula is C97H94Ir2N6O12. The molecule has 0 N–H and O–H groups in total. The zero-order valence-corrected chi connectivity index (χ0v) is 71.5. The summed E-state index contributed by atoms with van der Waals surface area (Å²) in [5.41, 5.74) is 9.18.